The van der Waals surface area contributed by atoms with Crippen molar-refractivity contribution in [1.82, 2.24) is 4.98 Å². The van der Waals surface area contributed by atoms with Crippen LogP contribution in [0.5, 0.6) is 0 Å². The van der Waals surface area contributed by atoms with Crippen LogP contribution in [0.2, 0.25) is 0 Å². The second kappa shape index (κ2) is 6.05. The van der Waals surface area contributed by atoms with Crippen LogP contribution in [-0.4, -0.2) is 22.2 Å². The van der Waals surface area contributed by atoms with Crippen LogP contribution in [0.3, 0.4) is 0 Å². The molecule has 0 atom stereocenters. The third-order valence-corrected chi connectivity index (χ3v) is 7.62. The van der Waals surface area contributed by atoms with Crippen LogP contribution >= 0.6 is 10.0 Å². The minimum Gasteiger partial charge on any atom is -0.259 e. The molecule has 1 aromatic rings. The summed E-state index contributed by atoms with van der Waals surface area (Å²) < 4.78 is 40.1. The lowest BCUT2D eigenvalue weighted by atomic mass is 9.90. The van der Waals surface area contributed by atoms with Gasteiger partial charge in [-0.25, -0.2) is 0 Å². The number of hydrogen-bond donors (Lipinski definition) is 0. The zero-order valence-electron chi connectivity index (χ0n) is 15.1. The van der Waals surface area contributed by atoms with Gasteiger partial charge in [0.05, 0.1) is 11.1 Å². The maximum atomic E-state index is 13.4. The molecule has 1 aromatic heterocycles. The van der Waals surface area contributed by atoms with Crippen LogP contribution in [0.1, 0.15) is 58.4 Å². The van der Waals surface area contributed by atoms with Crippen LogP contribution in [-0.2, 0) is 11.6 Å². The molecule has 1 rings (SSSR count). The Labute approximate surface area is 139 Å². The largest absolute Gasteiger partial charge is 0.417 e. The normalized spacial score (nSPS) is 14.2. The summed E-state index contributed by atoms with van der Waals surface area (Å²) in [5.74, 6) is 2.75. The lowest BCUT2D eigenvalue weighted by molar-refractivity contribution is -0.137. The molecule has 0 N–H and O–H groups in total. The number of nitrogens with zero attached hydrogens (tertiary/aromatic N) is 1. The zero-order chi connectivity index (χ0) is 18.3. The van der Waals surface area contributed by atoms with Gasteiger partial charge in [-0.15, -0.1) is 0 Å². The van der Waals surface area contributed by atoms with E-state index in [4.69, 9.17) is 0 Å². The van der Waals surface area contributed by atoms with Crippen molar-refractivity contribution in [3.05, 3.63) is 29.1 Å². The molecular weight excluding hydrogens is 319 g/mol. The summed E-state index contributed by atoms with van der Waals surface area (Å²) in [6, 6.07) is 1.13. The van der Waals surface area contributed by atoms with Gasteiger partial charge in [0.25, 0.3) is 0 Å². The van der Waals surface area contributed by atoms with E-state index in [-0.39, 0.29) is 10.3 Å². The third kappa shape index (κ3) is 4.91. The predicted octanol–water partition coefficient (Wildman–Crippen LogP) is 5.57. The molecule has 0 aliphatic rings. The SMILES string of the molecule is CC(C)(C)c1cc(C(F)(F)F)c(C#CS(C)(C)C(C)(C)C)cn1. The van der Waals surface area contributed by atoms with E-state index < -0.39 is 27.2 Å². The Morgan fingerprint density at radius 3 is 1.91 bits per heavy atom. The molecule has 0 fully saturated rings. The van der Waals surface area contributed by atoms with E-state index in [0.717, 1.165) is 6.07 Å². The number of aromatic nitrogens is 1. The van der Waals surface area contributed by atoms with Gasteiger partial charge in [-0.1, -0.05) is 47.5 Å². The van der Waals surface area contributed by atoms with Crippen LogP contribution in [0.15, 0.2) is 12.3 Å². The fourth-order valence-corrected chi connectivity index (χ4v) is 2.21. The van der Waals surface area contributed by atoms with Crippen molar-refractivity contribution in [3.63, 3.8) is 0 Å². The molecule has 0 radical (unpaired) electrons. The Morgan fingerprint density at radius 2 is 1.52 bits per heavy atom. The monoisotopic (exact) mass is 345 g/mol. The Hall–Kier alpha value is -1.15. The first-order valence-corrected chi connectivity index (χ1v) is 9.84. The molecule has 0 spiro atoms. The Morgan fingerprint density at radius 1 is 1.00 bits per heavy atom. The number of rotatable bonds is 0. The van der Waals surface area contributed by atoms with Gasteiger partial charge >= 0.3 is 6.18 Å². The molecule has 0 unspecified atom stereocenters. The molecule has 0 aliphatic carbocycles. The third-order valence-electron chi connectivity index (χ3n) is 3.95. The van der Waals surface area contributed by atoms with Crippen molar-refractivity contribution in [2.24, 2.45) is 0 Å². The molecule has 0 bridgehead atoms. The molecule has 0 saturated heterocycles. The molecule has 1 heterocycles. The van der Waals surface area contributed by atoms with Crippen LogP contribution in [0.4, 0.5) is 13.2 Å². The smallest absolute Gasteiger partial charge is 0.259 e. The Kier molecular flexibility index (Phi) is 5.23. The Balaban J connectivity index is 3.46. The summed E-state index contributed by atoms with van der Waals surface area (Å²) in [6.07, 6.45) is 0.858. The van der Waals surface area contributed by atoms with E-state index in [0.29, 0.717) is 5.69 Å². The first kappa shape index (κ1) is 19.9. The van der Waals surface area contributed by atoms with Crippen molar-refractivity contribution in [3.8, 4) is 11.2 Å². The predicted molar refractivity (Wildman–Crippen MR) is 94.0 cm³/mol. The summed E-state index contributed by atoms with van der Waals surface area (Å²) in [6.45, 7) is 11.7. The fourth-order valence-electron chi connectivity index (χ4n) is 1.54. The van der Waals surface area contributed by atoms with Gasteiger partial charge in [0.2, 0.25) is 0 Å². The van der Waals surface area contributed by atoms with Crippen molar-refractivity contribution >= 4 is 10.0 Å². The molecule has 0 aliphatic heterocycles. The average molecular weight is 345 g/mol. The van der Waals surface area contributed by atoms with Gasteiger partial charge < -0.3 is 0 Å². The first-order chi connectivity index (χ1) is 10.1. The molecule has 0 amide bonds. The van der Waals surface area contributed by atoms with E-state index >= 15 is 0 Å². The standard InChI is InChI=1S/C18H26F3NS/c1-16(2,3)15-11-14(18(19,20)21)13(12-22-15)9-10-23(7,8)17(4,5)6/h11-12H,1-8H3. The average Bonchev–Trinajstić information content (AvgIpc) is 2.32. The highest BCUT2D eigenvalue weighted by molar-refractivity contribution is 8.37. The lowest BCUT2D eigenvalue weighted by Gasteiger charge is -2.39. The molecule has 0 saturated carbocycles. The van der Waals surface area contributed by atoms with Crippen molar-refractivity contribution in [1.29, 1.82) is 0 Å². The number of pyridine rings is 1. The summed E-state index contributed by atoms with van der Waals surface area (Å²) >= 11 is 0. The summed E-state index contributed by atoms with van der Waals surface area (Å²) in [5, 5.41) is 3.08. The minimum absolute atomic E-state index is 0.0460. The summed E-state index contributed by atoms with van der Waals surface area (Å²) in [7, 11) is -1.35. The van der Waals surface area contributed by atoms with Crippen LogP contribution in [0.25, 0.3) is 0 Å². The molecule has 0 aromatic carbocycles. The lowest BCUT2D eigenvalue weighted by Crippen LogP contribution is -2.21. The quantitative estimate of drug-likeness (QED) is 0.560. The second-order valence-electron chi connectivity index (χ2n) is 8.03. The first-order valence-electron chi connectivity index (χ1n) is 7.39. The maximum Gasteiger partial charge on any atom is 0.417 e. The molecule has 130 valence electrons. The van der Waals surface area contributed by atoms with Crippen molar-refractivity contribution in [2.75, 3.05) is 12.5 Å². The second-order valence-corrected chi connectivity index (χ2v) is 12.1. The maximum absolute atomic E-state index is 13.4. The van der Waals surface area contributed by atoms with E-state index in [1.807, 2.05) is 33.3 Å². The molecule has 5 heteroatoms. The van der Waals surface area contributed by atoms with E-state index in [1.54, 1.807) is 0 Å². The summed E-state index contributed by atoms with van der Waals surface area (Å²) in [4.78, 5) is 4.19. The van der Waals surface area contributed by atoms with Gasteiger partial charge in [0, 0.05) is 22.1 Å². The zero-order valence-corrected chi connectivity index (χ0v) is 16.0. The highest BCUT2D eigenvalue weighted by atomic mass is 32.3. The summed E-state index contributed by atoms with van der Waals surface area (Å²) in [5.41, 5.74) is -0.774. The van der Waals surface area contributed by atoms with Crippen molar-refractivity contribution in [2.45, 2.75) is 57.9 Å². The highest BCUT2D eigenvalue weighted by Gasteiger charge is 2.35. The van der Waals surface area contributed by atoms with Crippen molar-refractivity contribution < 1.29 is 13.2 Å². The van der Waals surface area contributed by atoms with E-state index in [9.17, 15) is 13.2 Å². The minimum atomic E-state index is -4.44. The van der Waals surface area contributed by atoms with Crippen LogP contribution in [0, 0.1) is 11.2 Å². The number of alkyl halides is 3. The molecular formula is C18H26F3NS. The fraction of sp³-hybridized carbons (Fsp3) is 0.611. The number of halogens is 3. The van der Waals surface area contributed by atoms with Gasteiger partial charge in [-0.2, -0.15) is 23.2 Å². The molecule has 23 heavy (non-hydrogen) atoms. The number of hydrogen-bond acceptors (Lipinski definition) is 1. The van der Waals surface area contributed by atoms with Gasteiger partial charge in [-0.3, -0.25) is 4.98 Å². The van der Waals surface area contributed by atoms with Gasteiger partial charge in [-0.05, 0) is 23.8 Å². The van der Waals surface area contributed by atoms with Gasteiger partial charge in [0.15, 0.2) is 0 Å². The van der Waals surface area contributed by atoms with Gasteiger partial charge in [0.1, 0.15) is 0 Å². The topological polar surface area (TPSA) is 12.9 Å². The highest BCUT2D eigenvalue weighted by Crippen LogP contribution is 2.51. The Bertz CT molecular complexity index is 635. The van der Waals surface area contributed by atoms with E-state index in [2.05, 4.69) is 36.9 Å². The van der Waals surface area contributed by atoms with Crippen LogP contribution < -0.4 is 0 Å². The molecule has 1 nitrogen and oxygen atoms in total. The van der Waals surface area contributed by atoms with E-state index in [1.165, 1.54) is 6.20 Å².